The molecule has 0 spiro atoms. The van der Waals surface area contributed by atoms with Crippen LogP contribution in [0, 0.1) is 18.3 Å². The zero-order chi connectivity index (χ0) is 16.2. The third-order valence-corrected chi connectivity index (χ3v) is 4.39. The average molecular weight is 299 g/mol. The van der Waals surface area contributed by atoms with E-state index in [1.54, 1.807) is 0 Å². The zero-order valence-electron chi connectivity index (χ0n) is 14.6. The van der Waals surface area contributed by atoms with Gasteiger partial charge in [0.2, 0.25) is 0 Å². The maximum Gasteiger partial charge on any atom is 0.0910 e. The Bertz CT molecular complexity index is 619. The highest BCUT2D eigenvalue weighted by Gasteiger charge is 2.19. The molecule has 1 N–H and O–H groups in total. The van der Waals surface area contributed by atoms with Gasteiger partial charge in [0, 0.05) is 18.4 Å². The third kappa shape index (κ3) is 4.69. The third-order valence-electron chi connectivity index (χ3n) is 4.39. The van der Waals surface area contributed by atoms with E-state index in [0.29, 0.717) is 5.41 Å². The van der Waals surface area contributed by atoms with Crippen molar-refractivity contribution < 1.29 is 0 Å². The van der Waals surface area contributed by atoms with Gasteiger partial charge in [-0.3, -0.25) is 4.98 Å². The minimum absolute atomic E-state index is 0.385. The molecule has 120 valence electrons. The summed E-state index contributed by atoms with van der Waals surface area (Å²) in [6.07, 6.45) is 5.54. The van der Waals surface area contributed by atoms with Crippen molar-refractivity contribution in [3.8, 4) is 0 Å². The highest BCUT2D eigenvalue weighted by Crippen LogP contribution is 2.30. The van der Waals surface area contributed by atoms with Crippen LogP contribution >= 0.6 is 0 Å². The number of fused-ring (bicyclic) bond motifs is 1. The largest absolute Gasteiger partial charge is 0.385 e. The van der Waals surface area contributed by atoms with Gasteiger partial charge in [0.1, 0.15) is 0 Å². The molecular formula is C19H29N3. The van der Waals surface area contributed by atoms with E-state index in [9.17, 15) is 0 Å². The topological polar surface area (TPSA) is 37.8 Å². The van der Waals surface area contributed by atoms with E-state index in [0.717, 1.165) is 34.9 Å². The van der Waals surface area contributed by atoms with Crippen LogP contribution in [0.15, 0.2) is 24.4 Å². The van der Waals surface area contributed by atoms with Gasteiger partial charge in [-0.15, -0.1) is 0 Å². The van der Waals surface area contributed by atoms with Crippen molar-refractivity contribution in [2.24, 2.45) is 11.3 Å². The van der Waals surface area contributed by atoms with Gasteiger partial charge in [0.15, 0.2) is 0 Å². The second-order valence-corrected chi connectivity index (χ2v) is 7.27. The highest BCUT2D eigenvalue weighted by molar-refractivity contribution is 5.78. The average Bonchev–Trinajstić information content (AvgIpc) is 2.46. The normalized spacial score (nSPS) is 13.3. The number of rotatable bonds is 7. The first-order chi connectivity index (χ1) is 10.4. The molecule has 1 aromatic carbocycles. The lowest BCUT2D eigenvalue weighted by Crippen LogP contribution is -2.19. The quantitative estimate of drug-likeness (QED) is 0.763. The van der Waals surface area contributed by atoms with E-state index in [-0.39, 0.29) is 0 Å². The molecule has 1 heterocycles. The Morgan fingerprint density at radius 1 is 1.23 bits per heavy atom. The summed E-state index contributed by atoms with van der Waals surface area (Å²) >= 11 is 0. The van der Waals surface area contributed by atoms with Gasteiger partial charge in [0.25, 0.3) is 0 Å². The second kappa shape index (κ2) is 7.08. The Morgan fingerprint density at radius 2 is 2.00 bits per heavy atom. The van der Waals surface area contributed by atoms with E-state index >= 15 is 0 Å². The number of aryl methyl sites for hydroxylation is 1. The molecule has 3 heteroatoms. The van der Waals surface area contributed by atoms with Crippen molar-refractivity contribution in [2.45, 2.75) is 53.9 Å². The second-order valence-electron chi connectivity index (χ2n) is 7.27. The van der Waals surface area contributed by atoms with Crippen LogP contribution in [0.3, 0.4) is 0 Å². The predicted octanol–water partition coefficient (Wildman–Crippen LogP) is 5.20. The molecule has 0 fully saturated rings. The van der Waals surface area contributed by atoms with Crippen molar-refractivity contribution >= 4 is 16.7 Å². The van der Waals surface area contributed by atoms with Crippen molar-refractivity contribution in [1.29, 1.82) is 0 Å². The molecule has 0 saturated carbocycles. The summed E-state index contributed by atoms with van der Waals surface area (Å²) in [5.74, 6) is 0.800. The summed E-state index contributed by atoms with van der Waals surface area (Å²) in [6, 6.07) is 6.22. The molecule has 2 rings (SSSR count). The lowest BCUT2D eigenvalue weighted by Gasteiger charge is -2.28. The molecule has 1 unspecified atom stereocenters. The van der Waals surface area contributed by atoms with E-state index in [1.807, 2.05) is 19.2 Å². The molecule has 0 saturated heterocycles. The van der Waals surface area contributed by atoms with Crippen LogP contribution in [0.4, 0.5) is 5.69 Å². The number of nitrogens with one attached hydrogen (secondary N) is 1. The predicted molar refractivity (Wildman–Crippen MR) is 95.2 cm³/mol. The molecular weight excluding hydrogens is 270 g/mol. The minimum atomic E-state index is 0.385. The van der Waals surface area contributed by atoms with Gasteiger partial charge in [0.05, 0.1) is 16.7 Å². The SMILES string of the molecule is CCC(C)CC(C)(C)CCNc1ccc2ncc(C)nc2c1. The summed E-state index contributed by atoms with van der Waals surface area (Å²) in [5.41, 5.74) is 4.39. The zero-order valence-corrected chi connectivity index (χ0v) is 14.6. The van der Waals surface area contributed by atoms with E-state index < -0.39 is 0 Å². The van der Waals surface area contributed by atoms with Crippen molar-refractivity contribution in [3.63, 3.8) is 0 Å². The number of anilines is 1. The maximum atomic E-state index is 4.54. The van der Waals surface area contributed by atoms with E-state index in [4.69, 9.17) is 0 Å². The Kier molecular flexibility index (Phi) is 5.38. The van der Waals surface area contributed by atoms with Crippen LogP contribution in [0.2, 0.25) is 0 Å². The van der Waals surface area contributed by atoms with Crippen molar-refractivity contribution in [1.82, 2.24) is 9.97 Å². The maximum absolute atomic E-state index is 4.54. The molecule has 0 amide bonds. The summed E-state index contributed by atoms with van der Waals surface area (Å²) in [5, 5.41) is 3.54. The molecule has 3 nitrogen and oxygen atoms in total. The fourth-order valence-electron chi connectivity index (χ4n) is 2.95. The minimum Gasteiger partial charge on any atom is -0.385 e. The molecule has 0 bridgehead atoms. The van der Waals surface area contributed by atoms with Crippen molar-refractivity contribution in [3.05, 3.63) is 30.1 Å². The Labute approximate surface area is 134 Å². The van der Waals surface area contributed by atoms with Gasteiger partial charge in [-0.25, -0.2) is 4.98 Å². The molecule has 0 aliphatic heterocycles. The standard InChI is InChI=1S/C19H29N3/c1-6-14(2)12-19(4,5)9-10-20-16-7-8-17-18(11-16)22-15(3)13-21-17/h7-8,11,13-14,20H,6,9-10,12H2,1-5H3. The molecule has 22 heavy (non-hydrogen) atoms. The van der Waals surface area contributed by atoms with Gasteiger partial charge in [-0.2, -0.15) is 0 Å². The van der Waals surface area contributed by atoms with Gasteiger partial charge < -0.3 is 5.32 Å². The van der Waals surface area contributed by atoms with Crippen LogP contribution in [0.5, 0.6) is 0 Å². The summed E-state index contributed by atoms with van der Waals surface area (Å²) in [4.78, 5) is 8.93. The first-order valence-corrected chi connectivity index (χ1v) is 8.37. The number of nitrogens with zero attached hydrogens (tertiary/aromatic N) is 2. The Balaban J connectivity index is 1.94. The van der Waals surface area contributed by atoms with Crippen LogP contribution in [-0.2, 0) is 0 Å². The van der Waals surface area contributed by atoms with Crippen LogP contribution in [-0.4, -0.2) is 16.5 Å². The molecule has 0 aliphatic rings. The van der Waals surface area contributed by atoms with Crippen LogP contribution in [0.25, 0.3) is 11.0 Å². The van der Waals surface area contributed by atoms with Gasteiger partial charge in [-0.1, -0.05) is 34.1 Å². The number of aromatic nitrogens is 2. The summed E-state index contributed by atoms with van der Waals surface area (Å²) in [7, 11) is 0. The first kappa shape index (κ1) is 16.7. The monoisotopic (exact) mass is 299 g/mol. The Morgan fingerprint density at radius 3 is 2.73 bits per heavy atom. The molecule has 1 atom stereocenters. The molecule has 0 aliphatic carbocycles. The first-order valence-electron chi connectivity index (χ1n) is 8.37. The fraction of sp³-hybridized carbons (Fsp3) is 0.579. The molecule has 2 aromatic rings. The summed E-state index contributed by atoms with van der Waals surface area (Å²) in [6.45, 7) is 12.3. The van der Waals surface area contributed by atoms with E-state index in [2.05, 4.69) is 55.1 Å². The smallest absolute Gasteiger partial charge is 0.0910 e. The molecule has 0 radical (unpaired) electrons. The van der Waals surface area contributed by atoms with Gasteiger partial charge in [-0.05, 0) is 49.3 Å². The number of benzene rings is 1. The Hall–Kier alpha value is -1.64. The van der Waals surface area contributed by atoms with Crippen molar-refractivity contribution in [2.75, 3.05) is 11.9 Å². The molecule has 1 aromatic heterocycles. The highest BCUT2D eigenvalue weighted by atomic mass is 14.9. The van der Waals surface area contributed by atoms with Gasteiger partial charge >= 0.3 is 0 Å². The lowest BCUT2D eigenvalue weighted by atomic mass is 9.80. The number of hydrogen-bond acceptors (Lipinski definition) is 3. The van der Waals surface area contributed by atoms with E-state index in [1.165, 1.54) is 19.3 Å². The lowest BCUT2D eigenvalue weighted by molar-refractivity contribution is 0.259. The fourth-order valence-corrected chi connectivity index (χ4v) is 2.95. The van der Waals surface area contributed by atoms with Crippen LogP contribution in [0.1, 0.15) is 52.7 Å². The number of hydrogen-bond donors (Lipinski definition) is 1. The van der Waals surface area contributed by atoms with Crippen LogP contribution < -0.4 is 5.32 Å². The summed E-state index contributed by atoms with van der Waals surface area (Å²) < 4.78 is 0.